The van der Waals surface area contributed by atoms with E-state index in [9.17, 15) is 9.18 Å². The molecule has 17 heavy (non-hydrogen) atoms. The normalized spacial score (nSPS) is 10.2. The second-order valence-electron chi connectivity index (χ2n) is 3.26. The second kappa shape index (κ2) is 4.25. The van der Waals surface area contributed by atoms with Crippen molar-refractivity contribution in [2.75, 3.05) is 7.11 Å². The van der Waals surface area contributed by atoms with Gasteiger partial charge in [0.15, 0.2) is 11.4 Å². The first-order valence-electron chi connectivity index (χ1n) is 4.74. The lowest BCUT2D eigenvalue weighted by Gasteiger charge is -2.05. The Balaban J connectivity index is 2.60. The van der Waals surface area contributed by atoms with Gasteiger partial charge in [-0.05, 0) is 18.2 Å². The number of nitrogens with zero attached hydrogens (tertiary/aromatic N) is 2. The van der Waals surface area contributed by atoms with E-state index in [0.29, 0.717) is 5.69 Å². The highest BCUT2D eigenvalue weighted by Crippen LogP contribution is 2.21. The Bertz CT molecular complexity index is 566. The van der Waals surface area contributed by atoms with Crippen molar-refractivity contribution in [1.82, 2.24) is 9.78 Å². The van der Waals surface area contributed by atoms with E-state index in [1.807, 2.05) is 0 Å². The Morgan fingerprint density at radius 3 is 2.88 bits per heavy atom. The molecule has 1 heterocycles. The fraction of sp³-hybridized carbons (Fsp3) is 0.0909. The molecule has 2 rings (SSSR count). The molecule has 0 spiro atoms. The molecule has 0 aliphatic carbocycles. The van der Waals surface area contributed by atoms with E-state index in [4.69, 9.17) is 9.84 Å². The van der Waals surface area contributed by atoms with Crippen LogP contribution in [0.5, 0.6) is 5.75 Å². The molecule has 1 aromatic carbocycles. The molecule has 5 nitrogen and oxygen atoms in total. The lowest BCUT2D eigenvalue weighted by molar-refractivity contribution is 0.0683. The number of methoxy groups -OCH3 is 1. The number of benzene rings is 1. The highest BCUT2D eigenvalue weighted by molar-refractivity contribution is 5.89. The van der Waals surface area contributed by atoms with Crippen LogP contribution in [-0.4, -0.2) is 28.0 Å². The summed E-state index contributed by atoms with van der Waals surface area (Å²) in [4.78, 5) is 11.1. The predicted octanol–water partition coefficient (Wildman–Crippen LogP) is 1.72. The third-order valence-electron chi connectivity index (χ3n) is 2.21. The maximum absolute atomic E-state index is 13.1. The number of hydrogen-bond acceptors (Lipinski definition) is 3. The fourth-order valence-corrected chi connectivity index (χ4v) is 1.48. The molecule has 0 amide bonds. The van der Waals surface area contributed by atoms with Crippen LogP contribution in [0.4, 0.5) is 4.39 Å². The third-order valence-corrected chi connectivity index (χ3v) is 2.21. The number of carbonyl (C=O) groups is 1. The van der Waals surface area contributed by atoms with Crippen LogP contribution in [0.2, 0.25) is 0 Å². The van der Waals surface area contributed by atoms with Gasteiger partial charge < -0.3 is 9.84 Å². The number of rotatable bonds is 3. The van der Waals surface area contributed by atoms with Crippen LogP contribution < -0.4 is 4.74 Å². The lowest BCUT2D eigenvalue weighted by Crippen LogP contribution is -2.09. The largest absolute Gasteiger partial charge is 0.493 e. The number of aromatic nitrogens is 2. The Labute approximate surface area is 96.1 Å². The maximum atomic E-state index is 13.1. The van der Waals surface area contributed by atoms with E-state index in [0.717, 1.165) is 4.68 Å². The maximum Gasteiger partial charge on any atom is 0.358 e. The van der Waals surface area contributed by atoms with Gasteiger partial charge in [-0.25, -0.2) is 13.9 Å². The summed E-state index contributed by atoms with van der Waals surface area (Å²) in [7, 11) is 1.35. The van der Waals surface area contributed by atoms with E-state index in [1.54, 1.807) is 6.07 Å². The van der Waals surface area contributed by atoms with E-state index in [2.05, 4.69) is 5.10 Å². The zero-order valence-electron chi connectivity index (χ0n) is 8.92. The van der Waals surface area contributed by atoms with Crippen molar-refractivity contribution in [3.8, 4) is 11.4 Å². The van der Waals surface area contributed by atoms with Crippen LogP contribution in [0.15, 0.2) is 30.5 Å². The highest BCUT2D eigenvalue weighted by Gasteiger charge is 2.19. The lowest BCUT2D eigenvalue weighted by atomic mass is 10.3. The zero-order chi connectivity index (χ0) is 12.4. The van der Waals surface area contributed by atoms with Gasteiger partial charge in [-0.2, -0.15) is 5.10 Å². The minimum absolute atomic E-state index is 0.127. The predicted molar refractivity (Wildman–Crippen MR) is 57.0 cm³/mol. The van der Waals surface area contributed by atoms with Crippen molar-refractivity contribution in [3.63, 3.8) is 0 Å². The summed E-state index contributed by atoms with van der Waals surface area (Å²) in [6.07, 6.45) is 1.27. The van der Waals surface area contributed by atoms with Gasteiger partial charge in [-0.15, -0.1) is 0 Å². The minimum Gasteiger partial charge on any atom is -0.493 e. The van der Waals surface area contributed by atoms with Gasteiger partial charge in [-0.3, -0.25) is 0 Å². The molecule has 0 atom stereocenters. The van der Waals surface area contributed by atoms with Gasteiger partial charge in [0.1, 0.15) is 5.82 Å². The van der Waals surface area contributed by atoms with Crippen molar-refractivity contribution < 1.29 is 19.0 Å². The molecule has 88 valence electrons. The smallest absolute Gasteiger partial charge is 0.358 e. The van der Waals surface area contributed by atoms with Crippen molar-refractivity contribution in [1.29, 1.82) is 0 Å². The summed E-state index contributed by atoms with van der Waals surface area (Å²) < 4.78 is 19.1. The van der Waals surface area contributed by atoms with Gasteiger partial charge >= 0.3 is 5.97 Å². The van der Waals surface area contributed by atoms with Crippen LogP contribution in [0, 0.1) is 5.82 Å². The Morgan fingerprint density at radius 2 is 2.29 bits per heavy atom. The number of halogens is 1. The van der Waals surface area contributed by atoms with Crippen LogP contribution in [0.3, 0.4) is 0 Å². The molecule has 1 N–H and O–H groups in total. The summed E-state index contributed by atoms with van der Waals surface area (Å²) in [5.74, 6) is -1.53. The van der Waals surface area contributed by atoms with Crippen molar-refractivity contribution in [3.05, 3.63) is 42.0 Å². The van der Waals surface area contributed by atoms with Gasteiger partial charge in [0.05, 0.1) is 19.0 Å². The van der Waals surface area contributed by atoms with Crippen molar-refractivity contribution >= 4 is 5.97 Å². The molecule has 0 unspecified atom stereocenters. The molecule has 0 saturated carbocycles. The van der Waals surface area contributed by atoms with Crippen molar-refractivity contribution in [2.45, 2.75) is 0 Å². The Kier molecular flexibility index (Phi) is 2.78. The molecule has 0 aliphatic heterocycles. The number of hydrogen-bond donors (Lipinski definition) is 1. The molecule has 0 aliphatic rings. The average molecular weight is 236 g/mol. The zero-order valence-corrected chi connectivity index (χ0v) is 8.92. The molecule has 0 radical (unpaired) electrons. The number of carboxylic acid groups (broad SMARTS) is 1. The minimum atomic E-state index is -1.19. The van der Waals surface area contributed by atoms with Crippen LogP contribution in [0.25, 0.3) is 5.69 Å². The number of aromatic carboxylic acids is 1. The summed E-state index contributed by atoms with van der Waals surface area (Å²) in [5, 5.41) is 12.9. The van der Waals surface area contributed by atoms with Gasteiger partial charge in [0.25, 0.3) is 0 Å². The molecular weight excluding hydrogens is 227 g/mol. The molecule has 0 saturated heterocycles. The van der Waals surface area contributed by atoms with Gasteiger partial charge in [0, 0.05) is 0 Å². The molecule has 1 aromatic heterocycles. The van der Waals surface area contributed by atoms with Crippen LogP contribution in [-0.2, 0) is 0 Å². The summed E-state index contributed by atoms with van der Waals surface area (Å²) >= 11 is 0. The molecular formula is C11H9FN2O3. The molecule has 6 heteroatoms. The quantitative estimate of drug-likeness (QED) is 0.881. The van der Waals surface area contributed by atoms with Crippen LogP contribution >= 0.6 is 0 Å². The van der Waals surface area contributed by atoms with E-state index in [-0.39, 0.29) is 11.4 Å². The highest BCUT2D eigenvalue weighted by atomic mass is 19.1. The van der Waals surface area contributed by atoms with Crippen LogP contribution in [0.1, 0.15) is 10.5 Å². The molecule has 0 fully saturated rings. The monoisotopic (exact) mass is 236 g/mol. The topological polar surface area (TPSA) is 64.4 Å². The standard InChI is InChI=1S/C11H9FN2O3/c1-17-9-6-13-14(10(9)11(15)16)8-4-2-3-7(12)5-8/h2-6H,1H3,(H,15,16). The first-order chi connectivity index (χ1) is 8.13. The second-order valence-corrected chi connectivity index (χ2v) is 3.26. The third kappa shape index (κ3) is 1.96. The SMILES string of the molecule is COc1cnn(-c2cccc(F)c2)c1C(=O)O. The summed E-state index contributed by atoms with van der Waals surface area (Å²) in [5.41, 5.74) is 0.184. The first-order valence-corrected chi connectivity index (χ1v) is 4.74. The number of ether oxygens (including phenoxy) is 1. The van der Waals surface area contributed by atoms with E-state index < -0.39 is 11.8 Å². The van der Waals surface area contributed by atoms with E-state index >= 15 is 0 Å². The fourth-order valence-electron chi connectivity index (χ4n) is 1.48. The summed E-state index contributed by atoms with van der Waals surface area (Å²) in [6.45, 7) is 0. The summed E-state index contributed by atoms with van der Waals surface area (Å²) in [6, 6.07) is 5.50. The first kappa shape index (κ1) is 11.1. The Hall–Kier alpha value is -2.37. The van der Waals surface area contributed by atoms with Crippen molar-refractivity contribution in [2.24, 2.45) is 0 Å². The van der Waals surface area contributed by atoms with E-state index in [1.165, 1.54) is 31.5 Å². The average Bonchev–Trinajstić information content (AvgIpc) is 2.72. The van der Waals surface area contributed by atoms with Gasteiger partial charge in [0.2, 0.25) is 0 Å². The number of carboxylic acids is 1. The molecule has 0 bridgehead atoms. The Morgan fingerprint density at radius 1 is 1.53 bits per heavy atom. The van der Waals surface area contributed by atoms with Gasteiger partial charge in [-0.1, -0.05) is 6.07 Å². The molecule has 2 aromatic rings.